The Labute approximate surface area is 124 Å². The monoisotopic (exact) mass is 313 g/mol. The number of hydrogen-bond donors (Lipinski definition) is 2. The predicted octanol–water partition coefficient (Wildman–Crippen LogP) is 2.25. The topological polar surface area (TPSA) is 84.2 Å². The minimum absolute atomic E-state index is 0.171. The maximum Gasteiger partial charge on any atom is 0.325 e. The zero-order chi connectivity index (χ0) is 14.5. The van der Waals surface area contributed by atoms with Crippen molar-refractivity contribution in [2.45, 2.75) is 19.4 Å². The Morgan fingerprint density at radius 1 is 1.50 bits per heavy atom. The smallest absolute Gasteiger partial charge is 0.325 e. The Balaban J connectivity index is 1.82. The van der Waals surface area contributed by atoms with E-state index in [0.29, 0.717) is 23.7 Å². The molecule has 2 N–H and O–H groups in total. The fourth-order valence-electron chi connectivity index (χ4n) is 1.58. The average molecular weight is 314 g/mol. The fourth-order valence-corrected chi connectivity index (χ4v) is 2.66. The third kappa shape index (κ3) is 4.36. The second-order valence-electron chi connectivity index (χ2n) is 4.07. The lowest BCUT2D eigenvalue weighted by Gasteiger charge is -2.01. The number of thiophene rings is 1. The number of aliphatic carboxylic acids is 1. The van der Waals surface area contributed by atoms with Crippen molar-refractivity contribution in [2.75, 3.05) is 5.32 Å². The van der Waals surface area contributed by atoms with Gasteiger partial charge in [0.05, 0.1) is 5.02 Å². The normalized spacial score (nSPS) is 10.4. The Kier molecular flexibility index (Phi) is 4.75. The van der Waals surface area contributed by atoms with Gasteiger partial charge in [0.15, 0.2) is 5.82 Å². The van der Waals surface area contributed by atoms with E-state index in [0.717, 1.165) is 4.88 Å². The third-order valence-corrected chi connectivity index (χ3v) is 3.77. The Morgan fingerprint density at radius 3 is 2.95 bits per heavy atom. The van der Waals surface area contributed by atoms with Gasteiger partial charge < -0.3 is 10.4 Å². The van der Waals surface area contributed by atoms with E-state index in [1.807, 2.05) is 11.4 Å². The number of carboxylic acid groups (broad SMARTS) is 1. The van der Waals surface area contributed by atoms with Crippen LogP contribution in [0.1, 0.15) is 11.3 Å². The molecule has 106 valence electrons. The standard InChI is InChI=1S/C12H12ClN3O3S/c13-8-5-9(20-7-8)1-2-11(17)14-10-3-4-16(15-10)6-12(18)19/h3-5,7H,1-2,6H2,(H,18,19)(H,14,15,17). The first-order valence-electron chi connectivity index (χ1n) is 5.81. The summed E-state index contributed by atoms with van der Waals surface area (Å²) in [6.45, 7) is -0.233. The third-order valence-electron chi connectivity index (χ3n) is 2.43. The second kappa shape index (κ2) is 6.53. The molecule has 0 aliphatic rings. The van der Waals surface area contributed by atoms with Crippen molar-refractivity contribution in [2.24, 2.45) is 0 Å². The van der Waals surface area contributed by atoms with Crippen LogP contribution in [0.2, 0.25) is 5.02 Å². The molecule has 0 atom stereocenters. The number of aromatic nitrogens is 2. The maximum atomic E-state index is 11.7. The van der Waals surface area contributed by atoms with Crippen LogP contribution in [-0.4, -0.2) is 26.8 Å². The lowest BCUT2D eigenvalue weighted by Crippen LogP contribution is -2.14. The van der Waals surface area contributed by atoms with Crippen molar-refractivity contribution in [3.8, 4) is 0 Å². The average Bonchev–Trinajstić information content (AvgIpc) is 2.95. The van der Waals surface area contributed by atoms with Crippen molar-refractivity contribution in [1.82, 2.24) is 9.78 Å². The Hall–Kier alpha value is -1.86. The summed E-state index contributed by atoms with van der Waals surface area (Å²) in [6, 6.07) is 3.39. The van der Waals surface area contributed by atoms with Gasteiger partial charge in [0, 0.05) is 28.9 Å². The van der Waals surface area contributed by atoms with Crippen LogP contribution in [-0.2, 0) is 22.6 Å². The molecule has 0 aliphatic carbocycles. The van der Waals surface area contributed by atoms with E-state index in [1.54, 1.807) is 6.07 Å². The van der Waals surface area contributed by atoms with Gasteiger partial charge in [-0.2, -0.15) is 5.10 Å². The van der Waals surface area contributed by atoms with Gasteiger partial charge in [-0.25, -0.2) is 0 Å². The van der Waals surface area contributed by atoms with Gasteiger partial charge >= 0.3 is 5.97 Å². The molecule has 0 radical (unpaired) electrons. The van der Waals surface area contributed by atoms with Crippen molar-refractivity contribution >= 4 is 40.6 Å². The molecule has 0 aliphatic heterocycles. The molecule has 0 bridgehead atoms. The van der Waals surface area contributed by atoms with E-state index < -0.39 is 5.97 Å². The van der Waals surface area contributed by atoms with Gasteiger partial charge in [0.1, 0.15) is 6.54 Å². The minimum atomic E-state index is -0.986. The number of carboxylic acids is 1. The number of amides is 1. The van der Waals surface area contributed by atoms with E-state index in [-0.39, 0.29) is 12.5 Å². The minimum Gasteiger partial charge on any atom is -0.480 e. The molecule has 2 heterocycles. The highest BCUT2D eigenvalue weighted by atomic mass is 35.5. The number of nitrogens with one attached hydrogen (secondary N) is 1. The lowest BCUT2D eigenvalue weighted by atomic mass is 10.2. The van der Waals surface area contributed by atoms with E-state index in [9.17, 15) is 9.59 Å². The molecule has 6 nitrogen and oxygen atoms in total. The van der Waals surface area contributed by atoms with Gasteiger partial charge in [-0.05, 0) is 12.5 Å². The molecule has 0 saturated carbocycles. The van der Waals surface area contributed by atoms with Gasteiger partial charge in [-0.3, -0.25) is 14.3 Å². The number of halogens is 1. The van der Waals surface area contributed by atoms with Crippen LogP contribution in [0.15, 0.2) is 23.7 Å². The van der Waals surface area contributed by atoms with E-state index in [4.69, 9.17) is 16.7 Å². The second-order valence-corrected chi connectivity index (χ2v) is 5.50. The lowest BCUT2D eigenvalue weighted by molar-refractivity contribution is -0.137. The zero-order valence-corrected chi connectivity index (χ0v) is 11.9. The SMILES string of the molecule is O=C(O)Cn1ccc(NC(=O)CCc2cc(Cl)cs2)n1. The first kappa shape index (κ1) is 14.5. The number of carbonyl (C=O) groups is 2. The van der Waals surface area contributed by atoms with Crippen molar-refractivity contribution < 1.29 is 14.7 Å². The Morgan fingerprint density at radius 2 is 2.30 bits per heavy atom. The molecule has 0 fully saturated rings. The summed E-state index contributed by atoms with van der Waals surface area (Å²) in [7, 11) is 0. The van der Waals surface area contributed by atoms with Crippen LogP contribution in [0.3, 0.4) is 0 Å². The number of nitrogens with zero attached hydrogens (tertiary/aromatic N) is 2. The molecule has 1 amide bonds. The van der Waals surface area contributed by atoms with Gasteiger partial charge in [0.25, 0.3) is 0 Å². The molecule has 0 aromatic carbocycles. The largest absolute Gasteiger partial charge is 0.480 e. The summed E-state index contributed by atoms with van der Waals surface area (Å²) in [5, 5.41) is 17.7. The molecule has 8 heteroatoms. The first-order valence-corrected chi connectivity index (χ1v) is 7.07. The fraction of sp³-hybridized carbons (Fsp3) is 0.250. The summed E-state index contributed by atoms with van der Waals surface area (Å²) < 4.78 is 1.25. The highest BCUT2D eigenvalue weighted by Crippen LogP contribution is 2.20. The molecular formula is C12H12ClN3O3S. The number of hydrogen-bond acceptors (Lipinski definition) is 4. The molecule has 2 rings (SSSR count). The number of aryl methyl sites for hydroxylation is 1. The molecule has 0 saturated heterocycles. The van der Waals surface area contributed by atoms with Crippen LogP contribution in [0, 0.1) is 0 Å². The Bertz CT molecular complexity index is 623. The quantitative estimate of drug-likeness (QED) is 0.856. The van der Waals surface area contributed by atoms with Crippen molar-refractivity contribution in [1.29, 1.82) is 0 Å². The summed E-state index contributed by atoms with van der Waals surface area (Å²) >= 11 is 7.31. The van der Waals surface area contributed by atoms with Crippen molar-refractivity contribution in [3.63, 3.8) is 0 Å². The summed E-state index contributed by atoms with van der Waals surface area (Å²) in [5.74, 6) is -0.809. The first-order chi connectivity index (χ1) is 9.52. The van der Waals surface area contributed by atoms with Gasteiger partial charge in [0.2, 0.25) is 5.91 Å². The number of anilines is 1. The molecule has 0 unspecified atom stereocenters. The van der Waals surface area contributed by atoms with Crippen LogP contribution in [0.25, 0.3) is 0 Å². The van der Waals surface area contributed by atoms with Gasteiger partial charge in [-0.1, -0.05) is 11.6 Å². The number of carbonyl (C=O) groups excluding carboxylic acids is 1. The molecule has 0 spiro atoms. The molecule has 2 aromatic rings. The van der Waals surface area contributed by atoms with Crippen LogP contribution in [0.5, 0.6) is 0 Å². The van der Waals surface area contributed by atoms with E-state index in [2.05, 4.69) is 10.4 Å². The highest BCUT2D eigenvalue weighted by Gasteiger charge is 2.08. The molecular weight excluding hydrogens is 302 g/mol. The van der Waals surface area contributed by atoms with E-state index >= 15 is 0 Å². The summed E-state index contributed by atoms with van der Waals surface area (Å²) in [6.07, 6.45) is 2.43. The van der Waals surface area contributed by atoms with E-state index in [1.165, 1.54) is 22.2 Å². The predicted molar refractivity (Wildman–Crippen MR) is 76.1 cm³/mol. The van der Waals surface area contributed by atoms with Gasteiger partial charge in [-0.15, -0.1) is 11.3 Å². The zero-order valence-electron chi connectivity index (χ0n) is 10.4. The highest BCUT2D eigenvalue weighted by molar-refractivity contribution is 7.10. The molecule has 2 aromatic heterocycles. The maximum absolute atomic E-state index is 11.7. The molecule has 20 heavy (non-hydrogen) atoms. The summed E-state index contributed by atoms with van der Waals surface area (Å²) in [5.41, 5.74) is 0. The van der Waals surface area contributed by atoms with Crippen LogP contribution >= 0.6 is 22.9 Å². The van der Waals surface area contributed by atoms with Crippen LogP contribution < -0.4 is 5.32 Å². The number of rotatable bonds is 6. The van der Waals surface area contributed by atoms with Crippen LogP contribution in [0.4, 0.5) is 5.82 Å². The van der Waals surface area contributed by atoms with Crippen molar-refractivity contribution in [3.05, 3.63) is 33.6 Å². The summed E-state index contributed by atoms with van der Waals surface area (Å²) in [4.78, 5) is 23.3.